The molecule has 0 aliphatic carbocycles. The molecule has 2 heterocycles. The minimum absolute atomic E-state index is 0.283. The van der Waals surface area contributed by atoms with Gasteiger partial charge in [0.05, 0.1) is 13.4 Å². The maximum absolute atomic E-state index is 13.4. The molecular formula is C16H16FN3O2S. The van der Waals surface area contributed by atoms with Crippen LogP contribution in [0.4, 0.5) is 4.39 Å². The number of thioether (sulfide) groups is 1. The number of aromatic nitrogens is 3. The summed E-state index contributed by atoms with van der Waals surface area (Å²) in [6.07, 6.45) is 1.61. The van der Waals surface area contributed by atoms with Crippen LogP contribution in [0.1, 0.15) is 12.5 Å². The Morgan fingerprint density at radius 1 is 1.30 bits per heavy atom. The molecular weight excluding hydrogens is 317 g/mol. The van der Waals surface area contributed by atoms with Gasteiger partial charge in [-0.25, -0.2) is 4.39 Å². The number of furan rings is 1. The van der Waals surface area contributed by atoms with Gasteiger partial charge in [0, 0.05) is 17.9 Å². The summed E-state index contributed by atoms with van der Waals surface area (Å²) in [6.45, 7) is 2.73. The monoisotopic (exact) mass is 333 g/mol. The third-order valence-corrected chi connectivity index (χ3v) is 4.39. The Balaban J connectivity index is 1.83. The van der Waals surface area contributed by atoms with Crippen molar-refractivity contribution >= 4 is 11.8 Å². The van der Waals surface area contributed by atoms with Crippen LogP contribution in [0.3, 0.4) is 0 Å². The van der Waals surface area contributed by atoms with E-state index < -0.39 is 0 Å². The Labute approximate surface area is 137 Å². The molecule has 7 heteroatoms. The van der Waals surface area contributed by atoms with Gasteiger partial charge in [-0.15, -0.1) is 10.2 Å². The molecule has 1 aromatic carbocycles. The molecule has 23 heavy (non-hydrogen) atoms. The van der Waals surface area contributed by atoms with Crippen LogP contribution in [0.2, 0.25) is 0 Å². The maximum Gasteiger partial charge on any atom is 0.200 e. The van der Waals surface area contributed by atoms with E-state index >= 15 is 0 Å². The van der Waals surface area contributed by atoms with Crippen molar-refractivity contribution in [1.29, 1.82) is 0 Å². The van der Waals surface area contributed by atoms with E-state index in [0.717, 1.165) is 10.7 Å². The average molecular weight is 333 g/mol. The number of hydrogen-bond acceptors (Lipinski definition) is 5. The van der Waals surface area contributed by atoms with E-state index in [2.05, 4.69) is 10.2 Å². The Morgan fingerprint density at radius 2 is 2.17 bits per heavy atom. The predicted octanol–water partition coefficient (Wildman–Crippen LogP) is 4.00. The minimum atomic E-state index is -0.283. The molecule has 3 aromatic rings. The number of halogens is 1. The Kier molecular flexibility index (Phi) is 4.66. The topological polar surface area (TPSA) is 53.1 Å². The van der Waals surface area contributed by atoms with E-state index in [1.165, 1.54) is 23.9 Å². The third kappa shape index (κ3) is 3.24. The SMILES string of the molecule is CCn1c(SCc2cc(F)ccc2OC)nnc1-c1ccco1. The van der Waals surface area contributed by atoms with Crippen molar-refractivity contribution in [3.8, 4) is 17.3 Å². The minimum Gasteiger partial charge on any atom is -0.496 e. The van der Waals surface area contributed by atoms with Crippen LogP contribution in [0, 0.1) is 5.82 Å². The Bertz CT molecular complexity index is 787. The first kappa shape index (κ1) is 15.6. The highest BCUT2D eigenvalue weighted by molar-refractivity contribution is 7.98. The Morgan fingerprint density at radius 3 is 2.87 bits per heavy atom. The first-order valence-electron chi connectivity index (χ1n) is 7.15. The fourth-order valence-corrected chi connectivity index (χ4v) is 3.25. The number of methoxy groups -OCH3 is 1. The van der Waals surface area contributed by atoms with Gasteiger partial charge >= 0.3 is 0 Å². The summed E-state index contributed by atoms with van der Waals surface area (Å²) in [5, 5.41) is 9.17. The summed E-state index contributed by atoms with van der Waals surface area (Å²) >= 11 is 1.48. The Hall–Kier alpha value is -2.28. The molecule has 0 saturated heterocycles. The molecule has 0 saturated carbocycles. The van der Waals surface area contributed by atoms with Crippen molar-refractivity contribution in [2.45, 2.75) is 24.4 Å². The molecule has 0 aliphatic rings. The lowest BCUT2D eigenvalue weighted by Gasteiger charge is -2.09. The van der Waals surface area contributed by atoms with Crippen molar-refractivity contribution in [2.24, 2.45) is 0 Å². The van der Waals surface area contributed by atoms with Gasteiger partial charge < -0.3 is 9.15 Å². The molecule has 0 amide bonds. The normalized spacial score (nSPS) is 10.9. The molecule has 0 fully saturated rings. The van der Waals surface area contributed by atoms with Gasteiger partial charge in [0.15, 0.2) is 16.7 Å². The summed E-state index contributed by atoms with van der Waals surface area (Å²) in [5.41, 5.74) is 0.780. The fourth-order valence-electron chi connectivity index (χ4n) is 2.27. The molecule has 3 rings (SSSR count). The standard InChI is InChI=1S/C16H16FN3O2S/c1-3-20-15(14-5-4-8-22-14)18-19-16(20)23-10-11-9-12(17)6-7-13(11)21-2/h4-9H,3,10H2,1-2H3. The predicted molar refractivity (Wildman–Crippen MR) is 85.9 cm³/mol. The molecule has 120 valence electrons. The number of benzene rings is 1. The van der Waals surface area contributed by atoms with Gasteiger partial charge in [0.25, 0.3) is 0 Å². The second-order valence-electron chi connectivity index (χ2n) is 4.77. The maximum atomic E-state index is 13.4. The van der Waals surface area contributed by atoms with Gasteiger partial charge in [-0.3, -0.25) is 4.57 Å². The second kappa shape index (κ2) is 6.87. The molecule has 0 bridgehead atoms. The van der Waals surface area contributed by atoms with E-state index in [4.69, 9.17) is 9.15 Å². The molecule has 0 N–H and O–H groups in total. The molecule has 0 spiro atoms. The van der Waals surface area contributed by atoms with Crippen LogP contribution in [-0.4, -0.2) is 21.9 Å². The molecule has 0 unspecified atom stereocenters. The van der Waals surface area contributed by atoms with Crippen molar-refractivity contribution < 1.29 is 13.5 Å². The molecule has 0 atom stereocenters. The number of hydrogen-bond donors (Lipinski definition) is 0. The number of rotatable bonds is 6. The van der Waals surface area contributed by atoms with E-state index in [-0.39, 0.29) is 5.82 Å². The van der Waals surface area contributed by atoms with E-state index in [9.17, 15) is 4.39 Å². The van der Waals surface area contributed by atoms with Crippen molar-refractivity contribution in [1.82, 2.24) is 14.8 Å². The van der Waals surface area contributed by atoms with Crippen LogP contribution in [0.5, 0.6) is 5.75 Å². The number of nitrogens with zero attached hydrogens (tertiary/aromatic N) is 3. The lowest BCUT2D eigenvalue weighted by molar-refractivity contribution is 0.410. The summed E-state index contributed by atoms with van der Waals surface area (Å²) in [5.74, 6) is 2.28. The number of ether oxygens (including phenoxy) is 1. The van der Waals surface area contributed by atoms with E-state index in [1.807, 2.05) is 23.6 Å². The second-order valence-corrected chi connectivity index (χ2v) is 5.72. The zero-order chi connectivity index (χ0) is 16.2. The van der Waals surface area contributed by atoms with Gasteiger partial charge in [-0.1, -0.05) is 11.8 Å². The van der Waals surface area contributed by atoms with Gasteiger partial charge in [0.2, 0.25) is 0 Å². The highest BCUT2D eigenvalue weighted by Gasteiger charge is 2.16. The van der Waals surface area contributed by atoms with Gasteiger partial charge in [0.1, 0.15) is 11.6 Å². The summed E-state index contributed by atoms with van der Waals surface area (Å²) in [6, 6.07) is 8.15. The van der Waals surface area contributed by atoms with Crippen molar-refractivity contribution in [3.05, 3.63) is 48.0 Å². The highest BCUT2D eigenvalue weighted by atomic mass is 32.2. The fraction of sp³-hybridized carbons (Fsp3) is 0.250. The van der Waals surface area contributed by atoms with Crippen molar-refractivity contribution in [2.75, 3.05) is 7.11 Å². The van der Waals surface area contributed by atoms with Crippen LogP contribution >= 0.6 is 11.8 Å². The quantitative estimate of drug-likeness (QED) is 0.638. The molecule has 0 radical (unpaired) electrons. The van der Waals surface area contributed by atoms with Crippen molar-refractivity contribution in [3.63, 3.8) is 0 Å². The molecule has 0 aliphatic heterocycles. The summed E-state index contributed by atoms with van der Waals surface area (Å²) < 4.78 is 26.1. The van der Waals surface area contributed by atoms with Crippen LogP contribution in [-0.2, 0) is 12.3 Å². The van der Waals surface area contributed by atoms with Crippen LogP contribution in [0.25, 0.3) is 11.6 Å². The summed E-state index contributed by atoms with van der Waals surface area (Å²) in [4.78, 5) is 0. The summed E-state index contributed by atoms with van der Waals surface area (Å²) in [7, 11) is 1.57. The van der Waals surface area contributed by atoms with Crippen LogP contribution < -0.4 is 4.74 Å². The largest absolute Gasteiger partial charge is 0.496 e. The molecule has 2 aromatic heterocycles. The smallest absolute Gasteiger partial charge is 0.200 e. The zero-order valence-corrected chi connectivity index (χ0v) is 13.6. The first-order valence-corrected chi connectivity index (χ1v) is 8.13. The highest BCUT2D eigenvalue weighted by Crippen LogP contribution is 2.30. The third-order valence-electron chi connectivity index (χ3n) is 3.37. The zero-order valence-electron chi connectivity index (χ0n) is 12.8. The first-order chi connectivity index (χ1) is 11.2. The van der Waals surface area contributed by atoms with Crippen LogP contribution in [0.15, 0.2) is 46.2 Å². The lowest BCUT2D eigenvalue weighted by Crippen LogP contribution is -1.99. The van der Waals surface area contributed by atoms with E-state index in [0.29, 0.717) is 29.6 Å². The van der Waals surface area contributed by atoms with Gasteiger partial charge in [-0.05, 0) is 37.3 Å². The average Bonchev–Trinajstić information content (AvgIpc) is 3.21. The lowest BCUT2D eigenvalue weighted by atomic mass is 10.2. The van der Waals surface area contributed by atoms with E-state index in [1.54, 1.807) is 19.4 Å². The van der Waals surface area contributed by atoms with Gasteiger partial charge in [-0.2, -0.15) is 0 Å². The molecule has 5 nitrogen and oxygen atoms in total.